The van der Waals surface area contributed by atoms with Gasteiger partial charge < -0.3 is 5.32 Å². The van der Waals surface area contributed by atoms with E-state index >= 15 is 0 Å². The van der Waals surface area contributed by atoms with Crippen molar-refractivity contribution in [3.63, 3.8) is 0 Å². The molecule has 0 bridgehead atoms. The Morgan fingerprint density at radius 1 is 1.17 bits per heavy atom. The van der Waals surface area contributed by atoms with Gasteiger partial charge >= 0.3 is 5.69 Å². The summed E-state index contributed by atoms with van der Waals surface area (Å²) in [4.78, 5) is 24.8. The van der Waals surface area contributed by atoms with Gasteiger partial charge in [-0.15, -0.1) is 0 Å². The number of halogens is 2. The van der Waals surface area contributed by atoms with E-state index in [0.717, 1.165) is 11.6 Å². The quantitative estimate of drug-likeness (QED) is 0.787. The first-order valence-electron chi connectivity index (χ1n) is 7.44. The van der Waals surface area contributed by atoms with Crippen molar-refractivity contribution < 1.29 is 9.18 Å². The van der Waals surface area contributed by atoms with E-state index in [-0.39, 0.29) is 17.3 Å². The highest BCUT2D eigenvalue weighted by Gasteiger charge is 2.15. The molecule has 2 aromatic carbocycles. The molecule has 5 nitrogen and oxygen atoms in total. The average molecular weight is 348 g/mol. The van der Waals surface area contributed by atoms with Crippen molar-refractivity contribution in [2.45, 2.75) is 20.0 Å². The molecule has 0 radical (unpaired) electrons. The van der Waals surface area contributed by atoms with Crippen LogP contribution in [-0.4, -0.2) is 15.0 Å². The zero-order valence-electron chi connectivity index (χ0n) is 12.9. The molecule has 7 heteroatoms. The van der Waals surface area contributed by atoms with Crippen LogP contribution in [0.4, 0.5) is 10.1 Å². The lowest BCUT2D eigenvalue weighted by molar-refractivity contribution is -0.116. The van der Waals surface area contributed by atoms with E-state index in [9.17, 15) is 14.0 Å². The Labute approximate surface area is 142 Å². The molecule has 0 aliphatic heterocycles. The van der Waals surface area contributed by atoms with Gasteiger partial charge in [-0.1, -0.05) is 23.7 Å². The molecule has 0 saturated heterocycles. The second-order valence-corrected chi connectivity index (χ2v) is 5.68. The van der Waals surface area contributed by atoms with Crippen LogP contribution in [0.3, 0.4) is 0 Å². The molecule has 0 aliphatic carbocycles. The van der Waals surface area contributed by atoms with Gasteiger partial charge in [-0.3, -0.25) is 13.9 Å². The summed E-state index contributed by atoms with van der Waals surface area (Å²) in [6.45, 7) is 2.23. The number of carbonyl (C=O) groups is 1. The number of imidazole rings is 1. The van der Waals surface area contributed by atoms with Crippen molar-refractivity contribution in [1.82, 2.24) is 9.13 Å². The number of rotatable bonds is 4. The van der Waals surface area contributed by atoms with Gasteiger partial charge in [-0.05, 0) is 37.3 Å². The van der Waals surface area contributed by atoms with Crippen LogP contribution < -0.4 is 11.0 Å². The molecular weight excluding hydrogens is 333 g/mol. The third-order valence-corrected chi connectivity index (χ3v) is 4.06. The average Bonchev–Trinajstić information content (AvgIpc) is 2.82. The number of nitrogens with zero attached hydrogens (tertiary/aromatic N) is 2. The van der Waals surface area contributed by atoms with Gasteiger partial charge in [0.15, 0.2) is 0 Å². The maximum absolute atomic E-state index is 13.1. The molecular formula is C17H15ClFN3O2. The van der Waals surface area contributed by atoms with Crippen molar-refractivity contribution in [3.05, 3.63) is 63.8 Å². The summed E-state index contributed by atoms with van der Waals surface area (Å²) < 4.78 is 16.1. The smallest absolute Gasteiger partial charge is 0.323 e. The number of carbonyl (C=O) groups excluding carboxylic acids is 1. The summed E-state index contributed by atoms with van der Waals surface area (Å²) in [6, 6.07) is 11.0. The van der Waals surface area contributed by atoms with E-state index in [4.69, 9.17) is 11.6 Å². The highest BCUT2D eigenvalue weighted by atomic mass is 35.5. The summed E-state index contributed by atoms with van der Waals surface area (Å²) in [5.41, 5.74) is 1.51. The van der Waals surface area contributed by atoms with Crippen LogP contribution in [0.25, 0.3) is 11.0 Å². The van der Waals surface area contributed by atoms with E-state index in [1.807, 2.05) is 25.1 Å². The van der Waals surface area contributed by atoms with Crippen molar-refractivity contribution in [1.29, 1.82) is 0 Å². The molecule has 0 spiro atoms. The Morgan fingerprint density at radius 3 is 2.46 bits per heavy atom. The minimum atomic E-state index is -0.486. The largest absolute Gasteiger partial charge is 0.329 e. The molecule has 0 aliphatic rings. The Balaban J connectivity index is 1.91. The second-order valence-electron chi connectivity index (χ2n) is 5.27. The van der Waals surface area contributed by atoms with E-state index in [1.54, 1.807) is 10.6 Å². The molecule has 3 rings (SSSR count). The van der Waals surface area contributed by atoms with Crippen molar-refractivity contribution in [2.24, 2.45) is 0 Å². The van der Waals surface area contributed by atoms with Crippen LogP contribution in [0.15, 0.2) is 47.3 Å². The van der Waals surface area contributed by atoms with Crippen LogP contribution in [0.2, 0.25) is 5.02 Å². The van der Waals surface area contributed by atoms with Gasteiger partial charge in [-0.25, -0.2) is 9.18 Å². The molecule has 0 atom stereocenters. The molecule has 3 aromatic rings. The van der Waals surface area contributed by atoms with Gasteiger partial charge in [0.25, 0.3) is 0 Å². The van der Waals surface area contributed by atoms with Crippen LogP contribution >= 0.6 is 11.6 Å². The van der Waals surface area contributed by atoms with Crippen molar-refractivity contribution >= 4 is 34.2 Å². The molecule has 1 amide bonds. The Morgan fingerprint density at radius 2 is 1.83 bits per heavy atom. The topological polar surface area (TPSA) is 56.0 Å². The molecule has 0 saturated carbocycles. The molecule has 1 aromatic heterocycles. The first-order chi connectivity index (χ1) is 11.5. The Bertz CT molecular complexity index is 978. The number of benzene rings is 2. The van der Waals surface area contributed by atoms with Gasteiger partial charge in [0, 0.05) is 6.54 Å². The summed E-state index contributed by atoms with van der Waals surface area (Å²) in [7, 11) is 0. The SMILES string of the molecule is CCn1c(=O)n(CC(=O)Nc2ccc(F)cc2Cl)c2ccccc21. The summed E-state index contributed by atoms with van der Waals surface area (Å²) >= 11 is 5.90. The maximum Gasteiger partial charge on any atom is 0.329 e. The van der Waals surface area contributed by atoms with Crippen LogP contribution in [0, 0.1) is 5.82 Å². The summed E-state index contributed by atoms with van der Waals surface area (Å²) in [5.74, 6) is -0.898. The number of hydrogen-bond acceptors (Lipinski definition) is 2. The van der Waals surface area contributed by atoms with Crippen LogP contribution in [0.1, 0.15) is 6.92 Å². The lowest BCUT2D eigenvalue weighted by atomic mass is 10.3. The number of aromatic nitrogens is 2. The Kier molecular flexibility index (Phi) is 4.40. The van der Waals surface area contributed by atoms with Crippen molar-refractivity contribution in [3.8, 4) is 0 Å². The molecule has 1 N–H and O–H groups in total. The number of fused-ring (bicyclic) bond motifs is 1. The van der Waals surface area contributed by atoms with Gasteiger partial charge in [-0.2, -0.15) is 0 Å². The number of para-hydroxylation sites is 2. The number of anilines is 1. The monoisotopic (exact) mass is 347 g/mol. The number of amides is 1. The van der Waals surface area contributed by atoms with E-state index in [0.29, 0.717) is 17.7 Å². The zero-order valence-corrected chi connectivity index (χ0v) is 13.7. The molecule has 0 unspecified atom stereocenters. The fourth-order valence-corrected chi connectivity index (χ4v) is 2.87. The number of aryl methyl sites for hydroxylation is 1. The summed E-state index contributed by atoms with van der Waals surface area (Å²) in [6.07, 6.45) is 0. The summed E-state index contributed by atoms with van der Waals surface area (Å²) in [5, 5.41) is 2.70. The lowest BCUT2D eigenvalue weighted by Crippen LogP contribution is -2.29. The minimum Gasteiger partial charge on any atom is -0.323 e. The normalized spacial score (nSPS) is 11.0. The third-order valence-electron chi connectivity index (χ3n) is 3.75. The van der Waals surface area contributed by atoms with E-state index in [2.05, 4.69) is 5.32 Å². The fourth-order valence-electron chi connectivity index (χ4n) is 2.66. The van der Waals surface area contributed by atoms with E-state index < -0.39 is 11.7 Å². The highest BCUT2D eigenvalue weighted by molar-refractivity contribution is 6.33. The van der Waals surface area contributed by atoms with Crippen LogP contribution in [0.5, 0.6) is 0 Å². The maximum atomic E-state index is 13.1. The highest BCUT2D eigenvalue weighted by Crippen LogP contribution is 2.22. The molecule has 24 heavy (non-hydrogen) atoms. The second kappa shape index (κ2) is 6.49. The number of nitrogens with one attached hydrogen (secondary N) is 1. The van der Waals surface area contributed by atoms with Crippen molar-refractivity contribution in [2.75, 3.05) is 5.32 Å². The minimum absolute atomic E-state index is 0.103. The Hall–Kier alpha value is -2.60. The predicted molar refractivity (Wildman–Crippen MR) is 91.9 cm³/mol. The number of hydrogen-bond donors (Lipinski definition) is 1. The standard InChI is InChI=1S/C17H15ClFN3O2/c1-2-21-14-5-3-4-6-15(14)22(17(21)24)10-16(23)20-13-8-7-11(19)9-12(13)18/h3-9H,2,10H2,1H3,(H,20,23). The zero-order chi connectivity index (χ0) is 17.3. The lowest BCUT2D eigenvalue weighted by Gasteiger charge is -2.08. The first-order valence-corrected chi connectivity index (χ1v) is 7.82. The predicted octanol–water partition coefficient (Wildman–Crippen LogP) is 3.25. The van der Waals surface area contributed by atoms with E-state index in [1.165, 1.54) is 16.7 Å². The molecule has 124 valence electrons. The first kappa shape index (κ1) is 16.3. The fraction of sp³-hybridized carbons (Fsp3) is 0.176. The van der Waals surface area contributed by atoms with Gasteiger partial charge in [0.2, 0.25) is 5.91 Å². The third kappa shape index (κ3) is 2.92. The van der Waals surface area contributed by atoms with Gasteiger partial charge in [0.05, 0.1) is 21.7 Å². The van der Waals surface area contributed by atoms with Crippen LogP contribution in [-0.2, 0) is 17.9 Å². The molecule has 0 fully saturated rings. The molecule has 1 heterocycles. The van der Waals surface area contributed by atoms with Gasteiger partial charge in [0.1, 0.15) is 12.4 Å².